The van der Waals surface area contributed by atoms with Crippen LogP contribution in [0.25, 0.3) is 11.1 Å². The minimum atomic E-state index is -4.95. The number of aryl methyl sites for hydroxylation is 2. The molecule has 0 bridgehead atoms. The van der Waals surface area contributed by atoms with E-state index in [0.29, 0.717) is 12.2 Å². The average molecular weight is 490 g/mol. The monoisotopic (exact) mass is 490 g/mol. The van der Waals surface area contributed by atoms with Crippen LogP contribution in [0.5, 0.6) is 5.75 Å². The summed E-state index contributed by atoms with van der Waals surface area (Å²) in [6.45, 7) is 4.94. The van der Waals surface area contributed by atoms with Gasteiger partial charge in [-0.2, -0.15) is 17.6 Å². The smallest absolute Gasteiger partial charge is 0.343 e. The van der Waals surface area contributed by atoms with Crippen molar-refractivity contribution in [1.29, 1.82) is 0 Å². The maximum absolute atomic E-state index is 15.3. The van der Waals surface area contributed by atoms with Gasteiger partial charge in [-0.3, -0.25) is 0 Å². The summed E-state index contributed by atoms with van der Waals surface area (Å²) in [6.07, 6.45) is 3.94. The maximum Gasteiger partial charge on any atom is 0.343 e. The third kappa shape index (κ3) is 4.21. The van der Waals surface area contributed by atoms with Crippen molar-refractivity contribution >= 4 is 0 Å². The first-order valence-electron chi connectivity index (χ1n) is 11.4. The number of benzene rings is 3. The van der Waals surface area contributed by atoms with Gasteiger partial charge >= 0.3 is 11.8 Å². The van der Waals surface area contributed by atoms with E-state index in [4.69, 9.17) is 4.74 Å². The number of rotatable bonds is 8. The number of alkyl halides is 4. The molecular weight excluding hydrogens is 466 g/mol. The largest absolute Gasteiger partial charge is 0.489 e. The molecule has 0 aliphatic heterocycles. The Morgan fingerprint density at radius 2 is 1.31 bits per heavy atom. The molecule has 1 aliphatic carbocycles. The highest BCUT2D eigenvalue weighted by Gasteiger charge is 2.65. The van der Waals surface area contributed by atoms with E-state index >= 15 is 22.0 Å². The average Bonchev–Trinajstić information content (AvgIpc) is 2.82. The number of halogens is 6. The summed E-state index contributed by atoms with van der Waals surface area (Å²) in [5.74, 6) is -12.4. The first kappa shape index (κ1) is 24.9. The van der Waals surface area contributed by atoms with E-state index in [9.17, 15) is 4.39 Å². The molecule has 0 spiro atoms. The number of hydrogen-bond acceptors (Lipinski definition) is 1. The van der Waals surface area contributed by atoms with Crippen molar-refractivity contribution in [2.24, 2.45) is 0 Å². The first-order chi connectivity index (χ1) is 16.6. The summed E-state index contributed by atoms with van der Waals surface area (Å²) >= 11 is 0. The van der Waals surface area contributed by atoms with E-state index < -0.39 is 52.3 Å². The number of fused-ring (bicyclic) bond motifs is 3. The van der Waals surface area contributed by atoms with E-state index in [1.165, 1.54) is 12.1 Å². The normalized spacial score (nSPS) is 15.3. The lowest BCUT2D eigenvalue weighted by atomic mass is 9.78. The van der Waals surface area contributed by atoms with E-state index in [-0.39, 0.29) is 17.5 Å². The fraction of sp³-hybridized carbons (Fsp3) is 0.286. The molecule has 3 aromatic carbocycles. The van der Waals surface area contributed by atoms with Crippen LogP contribution < -0.4 is 4.74 Å². The molecule has 35 heavy (non-hydrogen) atoms. The van der Waals surface area contributed by atoms with Crippen LogP contribution in [0, 0.1) is 11.6 Å². The second-order valence-corrected chi connectivity index (χ2v) is 8.58. The van der Waals surface area contributed by atoms with Gasteiger partial charge in [-0.25, -0.2) is 8.78 Å². The molecule has 1 aliphatic rings. The van der Waals surface area contributed by atoms with Gasteiger partial charge in [0.2, 0.25) is 0 Å². The molecule has 0 saturated heterocycles. The summed E-state index contributed by atoms with van der Waals surface area (Å²) in [5, 5.41) is 0. The molecule has 1 nitrogen and oxygen atoms in total. The third-order valence-corrected chi connectivity index (χ3v) is 6.23. The molecular formula is C28H24F6O. The van der Waals surface area contributed by atoms with Crippen molar-refractivity contribution in [3.8, 4) is 16.9 Å². The van der Waals surface area contributed by atoms with Gasteiger partial charge in [0.1, 0.15) is 24.0 Å². The van der Waals surface area contributed by atoms with Crippen LogP contribution in [-0.4, -0.2) is 0 Å². The third-order valence-electron chi connectivity index (χ3n) is 6.23. The lowest BCUT2D eigenvalue weighted by molar-refractivity contribution is -0.227. The predicted molar refractivity (Wildman–Crippen MR) is 123 cm³/mol. The Labute approximate surface area is 200 Å². The number of allylic oxidation sites excluding steroid dienone is 1. The molecule has 0 unspecified atom stereocenters. The topological polar surface area (TPSA) is 9.23 Å². The lowest BCUT2D eigenvalue weighted by Crippen LogP contribution is -2.41. The van der Waals surface area contributed by atoms with Crippen molar-refractivity contribution in [2.45, 2.75) is 51.1 Å². The Hall–Kier alpha value is -3.22. The Balaban J connectivity index is 1.71. The zero-order valence-corrected chi connectivity index (χ0v) is 19.1. The highest BCUT2D eigenvalue weighted by atomic mass is 19.3. The second kappa shape index (κ2) is 9.44. The van der Waals surface area contributed by atoms with Gasteiger partial charge in [0.25, 0.3) is 0 Å². The van der Waals surface area contributed by atoms with Gasteiger partial charge in [0, 0.05) is 5.56 Å². The van der Waals surface area contributed by atoms with E-state index in [2.05, 4.69) is 6.58 Å². The quantitative estimate of drug-likeness (QED) is 0.227. The molecule has 4 rings (SSSR count). The van der Waals surface area contributed by atoms with Crippen molar-refractivity contribution in [3.63, 3.8) is 0 Å². The predicted octanol–water partition coefficient (Wildman–Crippen LogP) is 8.48. The zero-order valence-electron chi connectivity index (χ0n) is 19.1. The summed E-state index contributed by atoms with van der Waals surface area (Å²) in [6, 6.07) is 11.7. The Morgan fingerprint density at radius 1 is 0.771 bits per heavy atom. The zero-order chi connectivity index (χ0) is 25.4. The summed E-state index contributed by atoms with van der Waals surface area (Å²) in [7, 11) is 0. The summed E-state index contributed by atoms with van der Waals surface area (Å²) in [4.78, 5) is 0. The van der Waals surface area contributed by atoms with Gasteiger partial charge in [0.15, 0.2) is 0 Å². The molecule has 184 valence electrons. The number of hydrogen-bond donors (Lipinski definition) is 0. The van der Waals surface area contributed by atoms with Crippen LogP contribution in [-0.2, 0) is 31.3 Å². The Kier molecular flexibility index (Phi) is 6.71. The molecule has 0 amide bonds. The van der Waals surface area contributed by atoms with Crippen molar-refractivity contribution < 1.29 is 31.1 Å². The lowest BCUT2D eigenvalue weighted by Gasteiger charge is -2.36. The van der Waals surface area contributed by atoms with Crippen LogP contribution in [0.4, 0.5) is 26.3 Å². The second-order valence-electron chi connectivity index (χ2n) is 8.58. The van der Waals surface area contributed by atoms with Crippen LogP contribution in [0.2, 0.25) is 0 Å². The van der Waals surface area contributed by atoms with E-state index in [1.807, 2.05) is 12.1 Å². The molecule has 0 atom stereocenters. The van der Waals surface area contributed by atoms with Gasteiger partial charge < -0.3 is 4.74 Å². The van der Waals surface area contributed by atoms with Crippen molar-refractivity contribution in [2.75, 3.05) is 0 Å². The summed E-state index contributed by atoms with van der Waals surface area (Å²) < 4.78 is 96.0. The fourth-order valence-electron chi connectivity index (χ4n) is 4.37. The molecule has 7 heteroatoms. The molecule has 0 heterocycles. The van der Waals surface area contributed by atoms with E-state index in [0.717, 1.165) is 30.5 Å². The van der Waals surface area contributed by atoms with Gasteiger partial charge in [0.05, 0.1) is 11.1 Å². The van der Waals surface area contributed by atoms with Gasteiger partial charge in [-0.15, -0.1) is 6.58 Å². The minimum Gasteiger partial charge on any atom is -0.489 e. The standard InChI is InChI=1S/C28H24F6O/c1-3-5-7-17-8-12-20(13-9-17)35-16-19-11-15-22-21-14-10-18(6-4-2)25(29)23(21)27(31,32)28(33,34)24(22)26(19)30/h3,8-15H,1,4-7,16H2,2H3. The SMILES string of the molecule is C=CCCc1ccc(OCc2ccc3c(c2F)C(F)(F)C(F)(F)c2c-3ccc(CCC)c2F)cc1. The molecule has 3 aromatic rings. The first-order valence-corrected chi connectivity index (χ1v) is 11.4. The van der Waals surface area contributed by atoms with Crippen molar-refractivity contribution in [1.82, 2.24) is 0 Å². The van der Waals surface area contributed by atoms with E-state index in [1.54, 1.807) is 25.1 Å². The Morgan fingerprint density at radius 3 is 1.86 bits per heavy atom. The summed E-state index contributed by atoms with van der Waals surface area (Å²) in [5.41, 5.74) is -3.07. The van der Waals surface area contributed by atoms with Crippen LogP contribution in [0.15, 0.2) is 61.2 Å². The highest BCUT2D eigenvalue weighted by molar-refractivity contribution is 5.77. The molecule has 0 N–H and O–H groups in total. The number of ether oxygens (including phenoxy) is 1. The maximum atomic E-state index is 15.3. The van der Waals surface area contributed by atoms with Crippen LogP contribution in [0.3, 0.4) is 0 Å². The van der Waals surface area contributed by atoms with Crippen molar-refractivity contribution in [3.05, 3.63) is 101 Å². The fourth-order valence-corrected chi connectivity index (χ4v) is 4.37. The van der Waals surface area contributed by atoms with Gasteiger partial charge in [-0.1, -0.05) is 55.8 Å². The molecule has 0 fully saturated rings. The molecule has 0 radical (unpaired) electrons. The van der Waals surface area contributed by atoms with Crippen LogP contribution >= 0.6 is 0 Å². The Bertz CT molecular complexity index is 1250. The van der Waals surface area contributed by atoms with Crippen LogP contribution in [0.1, 0.15) is 47.6 Å². The molecule has 0 aromatic heterocycles. The van der Waals surface area contributed by atoms with Gasteiger partial charge in [-0.05, 0) is 53.6 Å². The highest BCUT2D eigenvalue weighted by Crippen LogP contribution is 2.59. The minimum absolute atomic E-state index is 0.0776. The molecule has 0 saturated carbocycles.